The minimum absolute atomic E-state index is 0.0827. The summed E-state index contributed by atoms with van der Waals surface area (Å²) in [5.74, 6) is 0.443. The first kappa shape index (κ1) is 21.0. The van der Waals surface area contributed by atoms with Crippen molar-refractivity contribution >= 4 is 17.7 Å². The number of aromatic nitrogens is 2. The fourth-order valence-electron chi connectivity index (χ4n) is 2.36. The van der Waals surface area contributed by atoms with Crippen LogP contribution in [0.4, 0.5) is 13.2 Å². The number of carbonyl (C=O) groups is 1. The molecule has 0 aliphatic rings. The van der Waals surface area contributed by atoms with Gasteiger partial charge in [-0.2, -0.15) is 13.2 Å². The maximum Gasteiger partial charge on any atom is 0.433 e. The van der Waals surface area contributed by atoms with Gasteiger partial charge in [0.25, 0.3) is 0 Å². The van der Waals surface area contributed by atoms with Gasteiger partial charge in [-0.25, -0.2) is 9.97 Å². The number of halogens is 3. The molecule has 0 radical (unpaired) electrons. The molecule has 1 aromatic heterocycles. The van der Waals surface area contributed by atoms with Crippen molar-refractivity contribution < 1.29 is 22.7 Å². The second-order valence-corrected chi connectivity index (χ2v) is 7.02. The van der Waals surface area contributed by atoms with Crippen molar-refractivity contribution in [3.63, 3.8) is 0 Å². The van der Waals surface area contributed by atoms with Gasteiger partial charge < -0.3 is 10.1 Å². The van der Waals surface area contributed by atoms with Crippen molar-refractivity contribution in [1.29, 1.82) is 0 Å². The Morgan fingerprint density at radius 3 is 2.44 bits per heavy atom. The highest BCUT2D eigenvalue weighted by Crippen LogP contribution is 2.28. The van der Waals surface area contributed by atoms with Crippen molar-refractivity contribution in [2.45, 2.75) is 31.2 Å². The predicted octanol–water partition coefficient (Wildman–Crippen LogP) is 4.11. The third kappa shape index (κ3) is 6.13. The van der Waals surface area contributed by atoms with Gasteiger partial charge in [0, 0.05) is 6.20 Å². The van der Waals surface area contributed by atoms with Crippen molar-refractivity contribution in [2.75, 3.05) is 12.9 Å². The fraction of sp³-hybridized carbons (Fsp3) is 0.389. The average Bonchev–Trinajstić information content (AvgIpc) is 2.64. The van der Waals surface area contributed by atoms with E-state index < -0.39 is 11.9 Å². The summed E-state index contributed by atoms with van der Waals surface area (Å²) in [6.45, 7) is 3.94. The number of nitrogens with zero attached hydrogens (tertiary/aromatic N) is 2. The summed E-state index contributed by atoms with van der Waals surface area (Å²) in [7, 11) is 1.57. The highest BCUT2D eigenvalue weighted by molar-refractivity contribution is 7.99. The lowest BCUT2D eigenvalue weighted by Gasteiger charge is -2.23. The van der Waals surface area contributed by atoms with Crippen LogP contribution in [0.5, 0.6) is 5.75 Å². The van der Waals surface area contributed by atoms with E-state index in [4.69, 9.17) is 4.74 Å². The van der Waals surface area contributed by atoms with Crippen LogP contribution < -0.4 is 10.1 Å². The monoisotopic (exact) mass is 399 g/mol. The largest absolute Gasteiger partial charge is 0.497 e. The SMILES string of the molecule is COc1ccc(C(NC(=O)CSc2nccc(C(F)(F)F)n2)C(C)C)cc1. The third-order valence-corrected chi connectivity index (χ3v) is 4.58. The molecular formula is C18H20F3N3O2S. The molecule has 27 heavy (non-hydrogen) atoms. The van der Waals surface area contributed by atoms with Crippen molar-refractivity contribution in [3.8, 4) is 5.75 Å². The Morgan fingerprint density at radius 1 is 1.22 bits per heavy atom. The van der Waals surface area contributed by atoms with Gasteiger partial charge in [0.1, 0.15) is 11.4 Å². The molecule has 1 atom stereocenters. The standard InChI is InChI=1S/C18H20F3N3O2S/c1-11(2)16(12-4-6-13(26-3)7-5-12)24-15(25)10-27-17-22-9-8-14(23-17)18(19,20)21/h4-9,11,16H,10H2,1-3H3,(H,24,25). The van der Waals surface area contributed by atoms with Crippen molar-refractivity contribution in [2.24, 2.45) is 5.92 Å². The van der Waals surface area contributed by atoms with E-state index in [2.05, 4.69) is 15.3 Å². The summed E-state index contributed by atoms with van der Waals surface area (Å²) in [5.41, 5.74) is -0.113. The highest BCUT2D eigenvalue weighted by atomic mass is 32.2. The van der Waals surface area contributed by atoms with Crippen LogP contribution in [0.25, 0.3) is 0 Å². The molecule has 0 saturated heterocycles. The number of rotatable bonds is 7. The molecule has 0 bridgehead atoms. The number of ether oxygens (including phenoxy) is 1. The average molecular weight is 399 g/mol. The Hall–Kier alpha value is -2.29. The Bertz CT molecular complexity index is 767. The van der Waals surface area contributed by atoms with Gasteiger partial charge >= 0.3 is 6.18 Å². The lowest BCUT2D eigenvalue weighted by Crippen LogP contribution is -2.33. The molecule has 1 heterocycles. The molecule has 1 amide bonds. The van der Waals surface area contributed by atoms with Crippen LogP contribution in [0.3, 0.4) is 0 Å². The van der Waals surface area contributed by atoms with Gasteiger partial charge in [0.2, 0.25) is 5.91 Å². The van der Waals surface area contributed by atoms with Crippen LogP contribution in [0, 0.1) is 5.92 Å². The van der Waals surface area contributed by atoms with E-state index in [1.165, 1.54) is 0 Å². The van der Waals surface area contributed by atoms with E-state index in [9.17, 15) is 18.0 Å². The Kier molecular flexibility index (Phi) is 7.06. The number of nitrogens with one attached hydrogen (secondary N) is 1. The summed E-state index contributed by atoms with van der Waals surface area (Å²) >= 11 is 0.860. The van der Waals surface area contributed by atoms with Crippen LogP contribution in [0.15, 0.2) is 41.7 Å². The van der Waals surface area contributed by atoms with Gasteiger partial charge in [-0.05, 0) is 29.7 Å². The minimum Gasteiger partial charge on any atom is -0.497 e. The molecule has 0 aliphatic carbocycles. The number of hydrogen-bond acceptors (Lipinski definition) is 5. The topological polar surface area (TPSA) is 64.1 Å². The van der Waals surface area contributed by atoms with Crippen LogP contribution in [0.1, 0.15) is 31.1 Å². The summed E-state index contributed by atoms with van der Waals surface area (Å²) in [6, 6.07) is 7.92. The maximum atomic E-state index is 12.7. The van der Waals surface area contributed by atoms with Gasteiger partial charge in [-0.1, -0.05) is 37.7 Å². The lowest BCUT2D eigenvalue weighted by atomic mass is 9.96. The number of methoxy groups -OCH3 is 1. The molecule has 2 aromatic rings. The maximum absolute atomic E-state index is 12.7. The Morgan fingerprint density at radius 2 is 1.89 bits per heavy atom. The fourth-order valence-corrected chi connectivity index (χ4v) is 3.00. The minimum atomic E-state index is -4.54. The molecule has 0 spiro atoms. The smallest absolute Gasteiger partial charge is 0.433 e. The molecule has 146 valence electrons. The van der Waals surface area contributed by atoms with Crippen molar-refractivity contribution in [1.82, 2.24) is 15.3 Å². The van der Waals surface area contributed by atoms with E-state index in [1.54, 1.807) is 7.11 Å². The third-order valence-electron chi connectivity index (χ3n) is 3.71. The molecule has 9 heteroatoms. The lowest BCUT2D eigenvalue weighted by molar-refractivity contribution is -0.141. The number of amides is 1. The Labute approximate surface area is 159 Å². The first-order valence-electron chi connectivity index (χ1n) is 8.17. The van der Waals surface area contributed by atoms with E-state index in [0.29, 0.717) is 5.75 Å². The molecule has 0 aliphatic heterocycles. The quantitative estimate of drug-likeness (QED) is 0.561. The second-order valence-electron chi connectivity index (χ2n) is 6.07. The molecule has 1 aromatic carbocycles. The number of alkyl halides is 3. The molecular weight excluding hydrogens is 379 g/mol. The number of benzene rings is 1. The van der Waals surface area contributed by atoms with Crippen LogP contribution in [-0.4, -0.2) is 28.7 Å². The first-order valence-corrected chi connectivity index (χ1v) is 9.15. The van der Waals surface area contributed by atoms with Crippen LogP contribution in [-0.2, 0) is 11.0 Å². The second kappa shape index (κ2) is 9.07. The number of thioether (sulfide) groups is 1. The van der Waals surface area contributed by atoms with E-state index in [1.807, 2.05) is 38.1 Å². The first-order chi connectivity index (χ1) is 12.7. The summed E-state index contributed by atoms with van der Waals surface area (Å²) < 4.78 is 43.2. The van der Waals surface area contributed by atoms with Gasteiger partial charge in [-0.15, -0.1) is 0 Å². The van der Waals surface area contributed by atoms with E-state index in [0.717, 1.165) is 29.6 Å². The number of carbonyl (C=O) groups excluding carboxylic acids is 1. The summed E-state index contributed by atoms with van der Waals surface area (Å²) in [6.07, 6.45) is -3.51. The molecule has 1 unspecified atom stereocenters. The van der Waals surface area contributed by atoms with Gasteiger partial charge in [0.15, 0.2) is 5.16 Å². The summed E-state index contributed by atoms with van der Waals surface area (Å²) in [5, 5.41) is 2.81. The molecule has 0 saturated carbocycles. The van der Waals surface area contributed by atoms with Crippen LogP contribution >= 0.6 is 11.8 Å². The zero-order valence-corrected chi connectivity index (χ0v) is 15.9. The molecule has 5 nitrogen and oxygen atoms in total. The van der Waals surface area contributed by atoms with Crippen molar-refractivity contribution in [3.05, 3.63) is 47.8 Å². The summed E-state index contributed by atoms with van der Waals surface area (Å²) in [4.78, 5) is 19.5. The van der Waals surface area contributed by atoms with E-state index >= 15 is 0 Å². The van der Waals surface area contributed by atoms with E-state index in [-0.39, 0.29) is 28.8 Å². The van der Waals surface area contributed by atoms with Gasteiger partial charge in [0.05, 0.1) is 18.9 Å². The highest BCUT2D eigenvalue weighted by Gasteiger charge is 2.32. The van der Waals surface area contributed by atoms with Crippen LogP contribution in [0.2, 0.25) is 0 Å². The normalized spacial score (nSPS) is 12.7. The van der Waals surface area contributed by atoms with Gasteiger partial charge in [-0.3, -0.25) is 4.79 Å². The Balaban J connectivity index is 2.00. The zero-order valence-electron chi connectivity index (χ0n) is 15.1. The zero-order chi connectivity index (χ0) is 20.0. The molecule has 2 rings (SSSR count). The number of hydrogen-bond donors (Lipinski definition) is 1. The predicted molar refractivity (Wildman–Crippen MR) is 96.5 cm³/mol. The molecule has 0 fully saturated rings. The molecule has 1 N–H and O–H groups in total.